The van der Waals surface area contributed by atoms with E-state index in [0.717, 1.165) is 27.7 Å². The van der Waals surface area contributed by atoms with Crippen molar-refractivity contribution in [1.82, 2.24) is 9.38 Å². The van der Waals surface area contributed by atoms with Crippen LogP contribution in [0, 0.1) is 0 Å². The molecule has 2 heterocycles. The summed E-state index contributed by atoms with van der Waals surface area (Å²) in [6.07, 6.45) is 3.58. The smallest absolute Gasteiger partial charge is 0.144 e. The van der Waals surface area contributed by atoms with Gasteiger partial charge in [0.25, 0.3) is 0 Å². The van der Waals surface area contributed by atoms with Gasteiger partial charge in [0.15, 0.2) is 0 Å². The summed E-state index contributed by atoms with van der Waals surface area (Å²) in [7, 11) is 0. The largest absolute Gasteiger partial charge is 0.506 e. The highest BCUT2D eigenvalue weighted by Crippen LogP contribution is 2.31. The molecular formula is C17H12N2O. The van der Waals surface area contributed by atoms with Crippen LogP contribution >= 0.6 is 0 Å². The lowest BCUT2D eigenvalue weighted by molar-refractivity contribution is 0.478. The van der Waals surface area contributed by atoms with Gasteiger partial charge >= 0.3 is 0 Å². The van der Waals surface area contributed by atoms with Crippen LogP contribution in [0.4, 0.5) is 0 Å². The zero-order valence-corrected chi connectivity index (χ0v) is 10.7. The molecule has 0 saturated heterocycles. The molecule has 0 aliphatic carbocycles. The van der Waals surface area contributed by atoms with E-state index in [-0.39, 0.29) is 5.75 Å². The molecule has 1 N–H and O–H groups in total. The van der Waals surface area contributed by atoms with E-state index in [9.17, 15) is 5.11 Å². The van der Waals surface area contributed by atoms with E-state index in [1.165, 1.54) is 0 Å². The Kier molecular flexibility index (Phi) is 2.27. The number of nitrogens with zero attached hydrogens (tertiary/aromatic N) is 2. The van der Waals surface area contributed by atoms with Crippen LogP contribution in [-0.2, 0) is 0 Å². The lowest BCUT2D eigenvalue weighted by Gasteiger charge is -2.06. The first-order chi connectivity index (χ1) is 9.84. The van der Waals surface area contributed by atoms with Crippen molar-refractivity contribution in [2.45, 2.75) is 0 Å². The molecule has 3 heteroatoms. The summed E-state index contributed by atoms with van der Waals surface area (Å²) in [5, 5.41) is 12.1. The van der Waals surface area contributed by atoms with Gasteiger partial charge in [-0.15, -0.1) is 0 Å². The molecule has 2 aromatic carbocycles. The summed E-state index contributed by atoms with van der Waals surface area (Å²) in [6.45, 7) is 0. The molecule has 4 aromatic rings. The summed E-state index contributed by atoms with van der Waals surface area (Å²) in [4.78, 5) is 4.51. The molecule has 0 unspecified atom stereocenters. The second-order valence-corrected chi connectivity index (χ2v) is 4.76. The van der Waals surface area contributed by atoms with Gasteiger partial charge in [0, 0.05) is 16.3 Å². The van der Waals surface area contributed by atoms with E-state index in [4.69, 9.17) is 0 Å². The second kappa shape index (κ2) is 4.10. The average molecular weight is 260 g/mol. The summed E-state index contributed by atoms with van der Waals surface area (Å²) >= 11 is 0. The van der Waals surface area contributed by atoms with Crippen LogP contribution in [0.3, 0.4) is 0 Å². The highest BCUT2D eigenvalue weighted by atomic mass is 16.3. The van der Waals surface area contributed by atoms with Crippen LogP contribution in [0.2, 0.25) is 0 Å². The molecule has 4 rings (SSSR count). The summed E-state index contributed by atoms with van der Waals surface area (Å²) in [6, 6.07) is 17.8. The van der Waals surface area contributed by atoms with Crippen LogP contribution in [-0.4, -0.2) is 14.5 Å². The molecule has 96 valence electrons. The number of aromatic hydroxyl groups is 1. The Morgan fingerprint density at radius 3 is 2.35 bits per heavy atom. The number of benzene rings is 2. The van der Waals surface area contributed by atoms with Crippen molar-refractivity contribution < 1.29 is 5.11 Å². The van der Waals surface area contributed by atoms with Crippen LogP contribution in [0.25, 0.3) is 27.7 Å². The van der Waals surface area contributed by atoms with Crippen molar-refractivity contribution in [1.29, 1.82) is 0 Å². The van der Waals surface area contributed by atoms with Crippen molar-refractivity contribution in [2.75, 3.05) is 0 Å². The zero-order valence-electron chi connectivity index (χ0n) is 10.7. The Labute approximate surface area is 115 Å². The molecule has 0 aliphatic heterocycles. The molecule has 0 bridgehead atoms. The molecule has 0 amide bonds. The van der Waals surface area contributed by atoms with Gasteiger partial charge in [0.05, 0.1) is 17.9 Å². The fourth-order valence-corrected chi connectivity index (χ4v) is 2.61. The predicted molar refractivity (Wildman–Crippen MR) is 79.8 cm³/mol. The topological polar surface area (TPSA) is 37.5 Å². The Bertz CT molecular complexity index is 910. The SMILES string of the molecule is Oc1cn2c(-c3ccccc3)ncc2c2ccccc12. The first kappa shape index (κ1) is 11.1. The van der Waals surface area contributed by atoms with Gasteiger partial charge < -0.3 is 5.11 Å². The Hall–Kier alpha value is -2.81. The van der Waals surface area contributed by atoms with Gasteiger partial charge in [0.2, 0.25) is 0 Å². The minimum Gasteiger partial charge on any atom is -0.506 e. The fraction of sp³-hybridized carbons (Fsp3) is 0. The molecule has 0 aliphatic rings. The molecule has 0 spiro atoms. The molecule has 20 heavy (non-hydrogen) atoms. The number of pyridine rings is 1. The van der Waals surface area contributed by atoms with Crippen LogP contribution in [0.1, 0.15) is 0 Å². The number of fused-ring (bicyclic) bond motifs is 3. The minimum absolute atomic E-state index is 0.267. The third kappa shape index (κ3) is 1.50. The number of hydrogen-bond acceptors (Lipinski definition) is 2. The van der Waals surface area contributed by atoms with E-state index >= 15 is 0 Å². The van der Waals surface area contributed by atoms with Gasteiger partial charge in [-0.1, -0.05) is 54.6 Å². The van der Waals surface area contributed by atoms with Gasteiger partial charge in [-0.3, -0.25) is 4.40 Å². The van der Waals surface area contributed by atoms with Crippen LogP contribution in [0.5, 0.6) is 5.75 Å². The van der Waals surface area contributed by atoms with Crippen molar-refractivity contribution >= 4 is 16.3 Å². The van der Waals surface area contributed by atoms with Crippen molar-refractivity contribution in [3.05, 3.63) is 67.0 Å². The number of imidazole rings is 1. The standard InChI is InChI=1S/C17H12N2O/c20-16-11-19-15(13-8-4-5-9-14(13)16)10-18-17(19)12-6-2-1-3-7-12/h1-11,20H. The maximum absolute atomic E-state index is 10.2. The van der Waals surface area contributed by atoms with Gasteiger partial charge in [-0.2, -0.15) is 0 Å². The van der Waals surface area contributed by atoms with E-state index in [1.807, 2.05) is 65.2 Å². The third-order valence-electron chi connectivity index (χ3n) is 3.56. The molecular weight excluding hydrogens is 248 g/mol. The van der Waals surface area contributed by atoms with E-state index < -0.39 is 0 Å². The van der Waals surface area contributed by atoms with Gasteiger partial charge in [-0.25, -0.2) is 4.98 Å². The highest BCUT2D eigenvalue weighted by Gasteiger charge is 2.11. The van der Waals surface area contributed by atoms with Crippen molar-refractivity contribution in [3.8, 4) is 17.1 Å². The quantitative estimate of drug-likeness (QED) is 0.564. The molecule has 0 saturated carbocycles. The van der Waals surface area contributed by atoms with E-state index in [0.29, 0.717) is 0 Å². The van der Waals surface area contributed by atoms with Crippen LogP contribution < -0.4 is 0 Å². The normalized spacial score (nSPS) is 11.2. The minimum atomic E-state index is 0.267. The summed E-state index contributed by atoms with van der Waals surface area (Å²) in [5.74, 6) is 1.10. The van der Waals surface area contributed by atoms with Gasteiger partial charge in [-0.05, 0) is 0 Å². The Balaban J connectivity index is 2.12. The number of rotatable bonds is 1. The lowest BCUT2D eigenvalue weighted by Crippen LogP contribution is -1.90. The van der Waals surface area contributed by atoms with Crippen molar-refractivity contribution in [3.63, 3.8) is 0 Å². The molecule has 0 radical (unpaired) electrons. The predicted octanol–water partition coefficient (Wildman–Crippen LogP) is 3.86. The van der Waals surface area contributed by atoms with Crippen molar-refractivity contribution in [2.24, 2.45) is 0 Å². The highest BCUT2D eigenvalue weighted by molar-refractivity contribution is 5.99. The third-order valence-corrected chi connectivity index (χ3v) is 3.56. The summed E-state index contributed by atoms with van der Waals surface area (Å²) in [5.41, 5.74) is 2.03. The molecule has 3 nitrogen and oxygen atoms in total. The average Bonchev–Trinajstić information content (AvgIpc) is 2.92. The first-order valence-corrected chi connectivity index (χ1v) is 6.48. The fourth-order valence-electron chi connectivity index (χ4n) is 2.61. The molecule has 2 aromatic heterocycles. The first-order valence-electron chi connectivity index (χ1n) is 6.48. The number of hydrogen-bond donors (Lipinski definition) is 1. The van der Waals surface area contributed by atoms with E-state index in [1.54, 1.807) is 6.20 Å². The monoisotopic (exact) mass is 260 g/mol. The van der Waals surface area contributed by atoms with Crippen LogP contribution in [0.15, 0.2) is 67.0 Å². The molecule has 0 atom stereocenters. The van der Waals surface area contributed by atoms with E-state index in [2.05, 4.69) is 4.98 Å². The molecule has 0 fully saturated rings. The maximum atomic E-state index is 10.2. The zero-order chi connectivity index (χ0) is 13.5. The Morgan fingerprint density at radius 1 is 0.850 bits per heavy atom. The van der Waals surface area contributed by atoms with Gasteiger partial charge in [0.1, 0.15) is 11.6 Å². The lowest BCUT2D eigenvalue weighted by atomic mass is 10.1. The number of aromatic nitrogens is 2. The second-order valence-electron chi connectivity index (χ2n) is 4.76. The maximum Gasteiger partial charge on any atom is 0.144 e. The Morgan fingerprint density at radius 2 is 1.55 bits per heavy atom. The summed E-state index contributed by atoms with van der Waals surface area (Å²) < 4.78 is 1.94.